The van der Waals surface area contributed by atoms with E-state index in [4.69, 9.17) is 10.2 Å². The predicted molar refractivity (Wildman–Crippen MR) is 59.3 cm³/mol. The van der Waals surface area contributed by atoms with Crippen molar-refractivity contribution in [2.75, 3.05) is 13.2 Å². The van der Waals surface area contributed by atoms with E-state index in [0.717, 1.165) is 12.3 Å². The van der Waals surface area contributed by atoms with Gasteiger partial charge in [0.1, 0.15) is 10.6 Å². The number of unbranched alkanes of at least 4 members (excludes halogenated alkanes) is 1. The number of aromatic amines is 1. The van der Waals surface area contributed by atoms with E-state index < -0.39 is 16.0 Å². The lowest BCUT2D eigenvalue weighted by Crippen LogP contribution is -2.24. The fraction of sp³-hybridized carbons (Fsp3) is 0.444. The summed E-state index contributed by atoms with van der Waals surface area (Å²) in [5.41, 5.74) is -0.180. The molecule has 0 aliphatic heterocycles. The first kappa shape index (κ1) is 13.7. The van der Waals surface area contributed by atoms with Crippen LogP contribution in [0.4, 0.5) is 0 Å². The molecule has 1 rings (SSSR count). The van der Waals surface area contributed by atoms with Crippen LogP contribution < -0.4 is 4.72 Å². The highest BCUT2D eigenvalue weighted by atomic mass is 32.2. The third-order valence-electron chi connectivity index (χ3n) is 2.07. The fourth-order valence-corrected chi connectivity index (χ4v) is 2.25. The quantitative estimate of drug-likeness (QED) is 0.506. The zero-order valence-corrected chi connectivity index (χ0v) is 9.83. The SMILES string of the molecule is O=C(O)c1cc(S(=O)(=O)NCCCCO)c[nH]1. The smallest absolute Gasteiger partial charge is 0.352 e. The first-order valence-corrected chi connectivity index (χ1v) is 6.48. The number of aromatic nitrogens is 1. The third kappa shape index (κ3) is 3.84. The molecule has 0 atom stereocenters. The van der Waals surface area contributed by atoms with Crippen molar-refractivity contribution in [1.29, 1.82) is 0 Å². The van der Waals surface area contributed by atoms with Gasteiger partial charge in [-0.2, -0.15) is 0 Å². The normalized spacial score (nSPS) is 11.6. The summed E-state index contributed by atoms with van der Waals surface area (Å²) >= 11 is 0. The molecule has 0 spiro atoms. The van der Waals surface area contributed by atoms with Gasteiger partial charge in [0.25, 0.3) is 0 Å². The van der Waals surface area contributed by atoms with E-state index in [9.17, 15) is 13.2 Å². The minimum Gasteiger partial charge on any atom is -0.477 e. The van der Waals surface area contributed by atoms with Gasteiger partial charge < -0.3 is 15.2 Å². The molecule has 0 fully saturated rings. The molecule has 0 amide bonds. The summed E-state index contributed by atoms with van der Waals surface area (Å²) in [6.07, 6.45) is 2.15. The summed E-state index contributed by atoms with van der Waals surface area (Å²) in [4.78, 5) is 12.8. The Labute approximate surface area is 98.5 Å². The van der Waals surface area contributed by atoms with Crippen molar-refractivity contribution in [3.8, 4) is 0 Å². The molecule has 0 aliphatic carbocycles. The van der Waals surface area contributed by atoms with Crippen molar-refractivity contribution in [2.24, 2.45) is 0 Å². The van der Waals surface area contributed by atoms with Crippen molar-refractivity contribution in [2.45, 2.75) is 17.7 Å². The van der Waals surface area contributed by atoms with Crippen molar-refractivity contribution < 1.29 is 23.4 Å². The molecule has 8 heteroatoms. The standard InChI is InChI=1S/C9H14N2O5S/c12-4-2-1-3-11-17(15,16)7-5-8(9(13)14)10-6-7/h5-6,10-12H,1-4H2,(H,13,14). The molecule has 1 heterocycles. The lowest BCUT2D eigenvalue weighted by molar-refractivity contribution is 0.0691. The van der Waals surface area contributed by atoms with Gasteiger partial charge in [0, 0.05) is 19.3 Å². The molecule has 1 aromatic heterocycles. The van der Waals surface area contributed by atoms with E-state index in [0.29, 0.717) is 12.8 Å². The summed E-state index contributed by atoms with van der Waals surface area (Å²) in [7, 11) is -3.68. The number of nitrogens with one attached hydrogen (secondary N) is 2. The number of rotatable bonds is 7. The van der Waals surface area contributed by atoms with Gasteiger partial charge in [0.05, 0.1) is 0 Å². The molecule has 0 saturated carbocycles. The Bertz CT molecular complexity index is 479. The van der Waals surface area contributed by atoms with Crippen LogP contribution in [-0.4, -0.2) is 42.7 Å². The van der Waals surface area contributed by atoms with Crippen LogP contribution in [0.2, 0.25) is 0 Å². The van der Waals surface area contributed by atoms with E-state index in [1.165, 1.54) is 0 Å². The maximum Gasteiger partial charge on any atom is 0.352 e. The predicted octanol–water partition coefficient (Wildman–Crippen LogP) is -0.236. The molecular formula is C9H14N2O5S. The second-order valence-corrected chi connectivity index (χ2v) is 5.15. The lowest BCUT2D eigenvalue weighted by Gasteiger charge is -2.03. The molecule has 0 aliphatic rings. The first-order chi connectivity index (χ1) is 7.97. The number of H-pyrrole nitrogens is 1. The molecule has 0 bridgehead atoms. The molecule has 17 heavy (non-hydrogen) atoms. The number of hydrogen-bond acceptors (Lipinski definition) is 4. The molecule has 0 unspecified atom stereocenters. The van der Waals surface area contributed by atoms with Gasteiger partial charge in [-0.1, -0.05) is 0 Å². The van der Waals surface area contributed by atoms with E-state index in [-0.39, 0.29) is 23.7 Å². The van der Waals surface area contributed by atoms with E-state index in [1.54, 1.807) is 0 Å². The Balaban J connectivity index is 2.66. The molecule has 0 aromatic carbocycles. The summed E-state index contributed by atoms with van der Waals surface area (Å²) in [5.74, 6) is -1.22. The van der Waals surface area contributed by atoms with Gasteiger partial charge in [-0.25, -0.2) is 17.9 Å². The number of carboxylic acid groups (broad SMARTS) is 1. The Kier molecular flexibility index (Phi) is 4.67. The lowest BCUT2D eigenvalue weighted by atomic mass is 10.3. The summed E-state index contributed by atoms with van der Waals surface area (Å²) in [5, 5.41) is 17.2. The Morgan fingerprint density at radius 1 is 1.41 bits per heavy atom. The molecule has 1 aromatic rings. The van der Waals surface area contributed by atoms with Gasteiger partial charge >= 0.3 is 5.97 Å². The van der Waals surface area contributed by atoms with Crippen LogP contribution in [0.5, 0.6) is 0 Å². The minimum atomic E-state index is -3.68. The van der Waals surface area contributed by atoms with Gasteiger partial charge in [-0.15, -0.1) is 0 Å². The number of aliphatic hydroxyl groups excluding tert-OH is 1. The van der Waals surface area contributed by atoms with Crippen LogP contribution in [0.1, 0.15) is 23.3 Å². The van der Waals surface area contributed by atoms with E-state index in [1.807, 2.05) is 0 Å². The zero-order chi connectivity index (χ0) is 12.9. The summed E-state index contributed by atoms with van der Waals surface area (Å²) < 4.78 is 25.6. The Hall–Kier alpha value is -1.38. The molecule has 0 radical (unpaired) electrons. The average molecular weight is 262 g/mol. The van der Waals surface area contributed by atoms with Crippen molar-refractivity contribution in [3.05, 3.63) is 18.0 Å². The summed E-state index contributed by atoms with van der Waals surface area (Å²) in [6, 6.07) is 1.05. The number of aliphatic hydroxyl groups is 1. The van der Waals surface area contributed by atoms with Crippen LogP contribution in [0, 0.1) is 0 Å². The average Bonchev–Trinajstić information content (AvgIpc) is 2.74. The number of carbonyl (C=O) groups is 1. The first-order valence-electron chi connectivity index (χ1n) is 4.99. The number of sulfonamides is 1. The van der Waals surface area contributed by atoms with Crippen molar-refractivity contribution in [1.82, 2.24) is 9.71 Å². The molecule has 96 valence electrons. The highest BCUT2D eigenvalue weighted by molar-refractivity contribution is 7.89. The van der Waals surface area contributed by atoms with Crippen molar-refractivity contribution >= 4 is 16.0 Å². The van der Waals surface area contributed by atoms with E-state index >= 15 is 0 Å². The van der Waals surface area contributed by atoms with Crippen LogP contribution in [0.15, 0.2) is 17.2 Å². The third-order valence-corrected chi connectivity index (χ3v) is 3.51. The maximum absolute atomic E-state index is 11.6. The van der Waals surface area contributed by atoms with Crippen LogP contribution in [0.25, 0.3) is 0 Å². The fourth-order valence-electron chi connectivity index (χ4n) is 1.18. The largest absolute Gasteiger partial charge is 0.477 e. The molecule has 4 N–H and O–H groups in total. The zero-order valence-electron chi connectivity index (χ0n) is 9.01. The summed E-state index contributed by atoms with van der Waals surface area (Å²) in [6.45, 7) is 0.214. The molecule has 0 saturated heterocycles. The second kappa shape index (κ2) is 5.80. The molecular weight excluding hydrogens is 248 g/mol. The van der Waals surface area contributed by atoms with Gasteiger partial charge in [0.15, 0.2) is 0 Å². The topological polar surface area (TPSA) is 119 Å². The van der Waals surface area contributed by atoms with Crippen molar-refractivity contribution in [3.63, 3.8) is 0 Å². The van der Waals surface area contributed by atoms with Gasteiger partial charge in [-0.05, 0) is 18.9 Å². The van der Waals surface area contributed by atoms with Crippen LogP contribution in [-0.2, 0) is 10.0 Å². The second-order valence-electron chi connectivity index (χ2n) is 3.38. The Morgan fingerprint density at radius 2 is 2.12 bits per heavy atom. The highest BCUT2D eigenvalue weighted by Crippen LogP contribution is 2.10. The Morgan fingerprint density at radius 3 is 2.65 bits per heavy atom. The van der Waals surface area contributed by atoms with Gasteiger partial charge in [0.2, 0.25) is 10.0 Å². The number of hydrogen-bond donors (Lipinski definition) is 4. The maximum atomic E-state index is 11.6. The number of carboxylic acids is 1. The van der Waals surface area contributed by atoms with Crippen LogP contribution >= 0.6 is 0 Å². The minimum absolute atomic E-state index is 0.00897. The number of aromatic carboxylic acids is 1. The van der Waals surface area contributed by atoms with E-state index in [2.05, 4.69) is 9.71 Å². The van der Waals surface area contributed by atoms with Crippen LogP contribution in [0.3, 0.4) is 0 Å². The monoisotopic (exact) mass is 262 g/mol. The molecule has 7 nitrogen and oxygen atoms in total. The highest BCUT2D eigenvalue weighted by Gasteiger charge is 2.17. The van der Waals surface area contributed by atoms with Gasteiger partial charge in [-0.3, -0.25) is 0 Å².